The minimum Gasteiger partial charge on any atom is -0.317 e. The lowest BCUT2D eigenvalue weighted by Crippen LogP contribution is -2.35. The van der Waals surface area contributed by atoms with Gasteiger partial charge in [0.15, 0.2) is 9.84 Å². The molecule has 96 valence electrons. The summed E-state index contributed by atoms with van der Waals surface area (Å²) >= 11 is 0. The van der Waals surface area contributed by atoms with Crippen LogP contribution in [0.5, 0.6) is 0 Å². The van der Waals surface area contributed by atoms with Crippen molar-refractivity contribution in [3.63, 3.8) is 0 Å². The third-order valence-corrected chi connectivity index (χ3v) is 5.78. The summed E-state index contributed by atoms with van der Waals surface area (Å²) in [5.74, 6) is 0.572. The lowest BCUT2D eigenvalue weighted by atomic mass is 9.97. The summed E-state index contributed by atoms with van der Waals surface area (Å²) in [6, 6.07) is -0.0213. The fraction of sp³-hybridized carbons (Fsp3) is 1.00. The first kappa shape index (κ1) is 13.9. The van der Waals surface area contributed by atoms with Crippen molar-refractivity contribution >= 4 is 19.7 Å². The van der Waals surface area contributed by atoms with Crippen LogP contribution in [0.3, 0.4) is 0 Å². The Bertz CT molecular complexity index is 426. The summed E-state index contributed by atoms with van der Waals surface area (Å²) < 4.78 is 44.7. The molecule has 0 radical (unpaired) electrons. The molecule has 7 heteroatoms. The normalized spacial score (nSPS) is 26.8. The van der Waals surface area contributed by atoms with Crippen molar-refractivity contribution in [2.24, 2.45) is 5.92 Å². The van der Waals surface area contributed by atoms with Crippen LogP contribution in [0.1, 0.15) is 12.8 Å². The Morgan fingerprint density at radius 1 is 1.44 bits per heavy atom. The number of hydrogen-bond acceptors (Lipinski definition) is 5. The van der Waals surface area contributed by atoms with Gasteiger partial charge in [0.2, 0.25) is 0 Å². The summed E-state index contributed by atoms with van der Waals surface area (Å²) in [5.41, 5.74) is 0. The van der Waals surface area contributed by atoms with Gasteiger partial charge >= 0.3 is 0 Å². The highest BCUT2D eigenvalue weighted by molar-refractivity contribution is 7.91. The van der Waals surface area contributed by atoms with E-state index >= 15 is 0 Å². The molecule has 0 aromatic heterocycles. The van der Waals surface area contributed by atoms with Crippen LogP contribution in [0.25, 0.3) is 0 Å². The van der Waals surface area contributed by atoms with E-state index in [0.717, 1.165) is 0 Å². The third kappa shape index (κ3) is 4.39. The van der Waals surface area contributed by atoms with Crippen molar-refractivity contribution in [1.82, 2.24) is 5.32 Å². The third-order valence-electron chi connectivity index (χ3n) is 3.01. The molecule has 0 bridgehead atoms. The van der Waals surface area contributed by atoms with Crippen LogP contribution in [-0.2, 0) is 19.7 Å². The van der Waals surface area contributed by atoms with E-state index in [1.54, 1.807) is 7.05 Å². The van der Waals surface area contributed by atoms with Gasteiger partial charge in [0.1, 0.15) is 9.84 Å². The maximum atomic E-state index is 11.3. The number of hydrogen-bond donors (Lipinski definition) is 1. The van der Waals surface area contributed by atoms with Crippen molar-refractivity contribution in [2.75, 3.05) is 30.6 Å². The molecular weight excluding hydrogens is 250 g/mol. The highest BCUT2D eigenvalue weighted by Gasteiger charge is 2.33. The smallest absolute Gasteiger partial charge is 0.150 e. The SMILES string of the molecule is CNC(CCS(C)(=O)=O)C1CCS(=O)(=O)C1. The van der Waals surface area contributed by atoms with Crippen molar-refractivity contribution in [1.29, 1.82) is 0 Å². The van der Waals surface area contributed by atoms with E-state index < -0.39 is 19.7 Å². The molecule has 16 heavy (non-hydrogen) atoms. The van der Waals surface area contributed by atoms with Crippen LogP contribution in [0.15, 0.2) is 0 Å². The Hall–Kier alpha value is -0.140. The molecule has 1 aliphatic heterocycles. The summed E-state index contributed by atoms with van der Waals surface area (Å²) in [6.45, 7) is 0. The maximum absolute atomic E-state index is 11.3. The zero-order valence-corrected chi connectivity index (χ0v) is 11.3. The molecule has 1 N–H and O–H groups in total. The van der Waals surface area contributed by atoms with Crippen LogP contribution >= 0.6 is 0 Å². The largest absolute Gasteiger partial charge is 0.317 e. The van der Waals surface area contributed by atoms with Gasteiger partial charge in [0.25, 0.3) is 0 Å². The van der Waals surface area contributed by atoms with E-state index in [4.69, 9.17) is 0 Å². The van der Waals surface area contributed by atoms with Gasteiger partial charge < -0.3 is 5.32 Å². The fourth-order valence-electron chi connectivity index (χ4n) is 2.10. The van der Waals surface area contributed by atoms with Gasteiger partial charge in [-0.1, -0.05) is 0 Å². The average molecular weight is 269 g/mol. The molecule has 1 saturated heterocycles. The van der Waals surface area contributed by atoms with Gasteiger partial charge in [-0.2, -0.15) is 0 Å². The van der Waals surface area contributed by atoms with Crippen molar-refractivity contribution in [2.45, 2.75) is 18.9 Å². The Morgan fingerprint density at radius 3 is 2.44 bits per heavy atom. The predicted octanol–water partition coefficient (Wildman–Crippen LogP) is -0.556. The summed E-state index contributed by atoms with van der Waals surface area (Å²) in [4.78, 5) is 0. The average Bonchev–Trinajstić information content (AvgIpc) is 2.45. The zero-order valence-electron chi connectivity index (χ0n) is 9.64. The second-order valence-corrected chi connectivity index (χ2v) is 8.97. The Morgan fingerprint density at radius 2 is 2.06 bits per heavy atom. The molecular formula is C9H19NO4S2. The van der Waals surface area contributed by atoms with Gasteiger partial charge in [-0.15, -0.1) is 0 Å². The minimum absolute atomic E-state index is 0.0213. The summed E-state index contributed by atoms with van der Waals surface area (Å²) in [7, 11) is -4.12. The van der Waals surface area contributed by atoms with Gasteiger partial charge in [-0.05, 0) is 25.8 Å². The molecule has 1 rings (SSSR count). The molecule has 1 heterocycles. The van der Waals surface area contributed by atoms with Gasteiger partial charge in [0, 0.05) is 12.3 Å². The van der Waals surface area contributed by atoms with Gasteiger partial charge in [-0.3, -0.25) is 0 Å². The Kier molecular flexibility index (Phi) is 4.36. The highest BCUT2D eigenvalue weighted by atomic mass is 32.2. The van der Waals surface area contributed by atoms with Gasteiger partial charge in [0.05, 0.1) is 17.3 Å². The molecule has 5 nitrogen and oxygen atoms in total. The molecule has 2 atom stereocenters. The van der Waals surface area contributed by atoms with Crippen molar-refractivity contribution < 1.29 is 16.8 Å². The van der Waals surface area contributed by atoms with E-state index in [0.29, 0.717) is 12.8 Å². The lowest BCUT2D eigenvalue weighted by molar-refractivity contribution is 0.395. The Balaban J connectivity index is 2.56. The van der Waals surface area contributed by atoms with Gasteiger partial charge in [-0.25, -0.2) is 16.8 Å². The van der Waals surface area contributed by atoms with E-state index in [1.165, 1.54) is 6.26 Å². The summed E-state index contributed by atoms with van der Waals surface area (Å²) in [5, 5.41) is 3.03. The van der Waals surface area contributed by atoms with E-state index in [-0.39, 0.29) is 29.2 Å². The first-order valence-corrected chi connectivity index (χ1v) is 9.17. The standard InChI is InChI=1S/C9H19NO4S2/c1-10-9(4-5-15(2,11)12)8-3-6-16(13,14)7-8/h8-10H,3-7H2,1-2H3. The molecule has 0 aliphatic carbocycles. The highest BCUT2D eigenvalue weighted by Crippen LogP contribution is 2.23. The molecule has 0 saturated carbocycles. The predicted molar refractivity (Wildman–Crippen MR) is 63.9 cm³/mol. The zero-order chi connectivity index (χ0) is 12.4. The van der Waals surface area contributed by atoms with E-state index in [9.17, 15) is 16.8 Å². The van der Waals surface area contributed by atoms with Crippen LogP contribution in [-0.4, -0.2) is 53.4 Å². The number of nitrogens with one attached hydrogen (secondary N) is 1. The molecule has 0 aromatic carbocycles. The summed E-state index contributed by atoms with van der Waals surface area (Å²) in [6.07, 6.45) is 2.32. The first-order chi connectivity index (χ1) is 7.23. The molecule has 1 aliphatic rings. The number of rotatable bonds is 5. The quantitative estimate of drug-likeness (QED) is 0.724. The van der Waals surface area contributed by atoms with E-state index in [2.05, 4.69) is 5.32 Å². The molecule has 0 spiro atoms. The number of sulfone groups is 2. The first-order valence-electron chi connectivity index (χ1n) is 5.29. The van der Waals surface area contributed by atoms with Crippen molar-refractivity contribution in [3.05, 3.63) is 0 Å². The van der Waals surface area contributed by atoms with Crippen LogP contribution in [0, 0.1) is 5.92 Å². The molecule has 2 unspecified atom stereocenters. The van der Waals surface area contributed by atoms with E-state index in [1.807, 2.05) is 0 Å². The van der Waals surface area contributed by atoms with Crippen LogP contribution in [0.2, 0.25) is 0 Å². The monoisotopic (exact) mass is 269 g/mol. The topological polar surface area (TPSA) is 80.3 Å². The maximum Gasteiger partial charge on any atom is 0.150 e. The minimum atomic E-state index is -2.98. The fourth-order valence-corrected chi connectivity index (χ4v) is 4.66. The molecule has 0 aromatic rings. The molecule has 1 fully saturated rings. The Labute approximate surface area is 97.5 Å². The lowest BCUT2D eigenvalue weighted by Gasteiger charge is -2.21. The van der Waals surface area contributed by atoms with Crippen molar-refractivity contribution in [3.8, 4) is 0 Å². The second-order valence-electron chi connectivity index (χ2n) is 4.48. The second kappa shape index (κ2) is 5.01. The van der Waals surface area contributed by atoms with Crippen LogP contribution in [0.4, 0.5) is 0 Å². The van der Waals surface area contributed by atoms with Crippen LogP contribution < -0.4 is 5.32 Å². The molecule has 0 amide bonds.